The fourth-order valence-corrected chi connectivity index (χ4v) is 10.7. The molecular formula is C60H52N14O. The van der Waals surface area contributed by atoms with Crippen LogP contribution in [0.2, 0.25) is 0 Å². The Morgan fingerprint density at radius 2 is 1.08 bits per heavy atom. The Hall–Kier alpha value is -9.31. The monoisotopic (exact) mass is 984 g/mol. The van der Waals surface area contributed by atoms with Crippen LogP contribution in [0, 0.1) is 0 Å². The van der Waals surface area contributed by atoms with Gasteiger partial charge in [0, 0.05) is 65.1 Å². The minimum absolute atomic E-state index is 0.106. The smallest absolute Gasteiger partial charge is 0.211 e. The summed E-state index contributed by atoms with van der Waals surface area (Å²) in [5.41, 5.74) is 30.9. The highest BCUT2D eigenvalue weighted by molar-refractivity contribution is 6.11. The average Bonchev–Trinajstić information content (AvgIpc) is 4.26. The summed E-state index contributed by atoms with van der Waals surface area (Å²) in [7, 11) is 0. The molecule has 0 radical (unpaired) electrons. The number of benzene rings is 6. The summed E-state index contributed by atoms with van der Waals surface area (Å²) in [4.78, 5) is 22.3. The van der Waals surface area contributed by atoms with Gasteiger partial charge in [0.25, 0.3) is 0 Å². The summed E-state index contributed by atoms with van der Waals surface area (Å²) in [5.74, 6) is 0.685. The number of carbonyl (C=O) groups excluding carboxylic acids is 1. The molecule has 6 N–H and O–H groups in total. The van der Waals surface area contributed by atoms with Gasteiger partial charge in [-0.1, -0.05) is 115 Å². The number of nitrogens with one attached hydrogen (secondary N) is 2. The minimum atomic E-state index is -0.106. The van der Waals surface area contributed by atoms with Gasteiger partial charge in [0.15, 0.2) is 11.6 Å². The van der Waals surface area contributed by atoms with Crippen molar-refractivity contribution in [1.82, 2.24) is 59.4 Å². The standard InChI is InChI=1S/C30H25N7O.C30H27N7/c31-30-28-25(21-7-9-23-17-36(35-26(23)13-21)16-19-4-2-1-3-5-19)14-27(37(28)34-18-33-30)29(38)22-8-6-20-10-11-32-15-24(20)12-22;31-30-29-27(23-8-9-24-18-36(35-28(24)14-23)17-20-4-2-1-3-5-20)15-26(37(29)34-19-33-30)13-21-6-7-22-10-11-32-16-25(22)12-21/h1-9,12-14,17-18,32H,10-11,15-16H2,(H2,31,33,34);1-9,12,14-15,18-19,32H,10-11,13,16-17H2,(H2,31,33,34). The molecule has 0 atom stereocenters. The second-order valence-corrected chi connectivity index (χ2v) is 19.4. The number of nitrogen functional groups attached to an aromatic ring is 2. The zero-order valence-electron chi connectivity index (χ0n) is 41.1. The summed E-state index contributed by atoms with van der Waals surface area (Å²) in [5, 5.41) is 27.6. The van der Waals surface area contributed by atoms with Crippen LogP contribution in [0.1, 0.15) is 60.7 Å². The molecule has 6 aromatic carbocycles. The number of nitrogens with zero attached hydrogens (tertiary/aromatic N) is 10. The predicted octanol–water partition coefficient (Wildman–Crippen LogP) is 8.87. The van der Waals surface area contributed by atoms with Gasteiger partial charge in [-0.05, 0) is 106 Å². The number of rotatable bonds is 10. The van der Waals surface area contributed by atoms with Crippen LogP contribution in [-0.4, -0.2) is 67.6 Å². The largest absolute Gasteiger partial charge is 0.382 e. The number of hydrogen-bond donors (Lipinski definition) is 4. The van der Waals surface area contributed by atoms with Crippen LogP contribution in [0.25, 0.3) is 55.1 Å². The lowest BCUT2D eigenvalue weighted by Gasteiger charge is -2.17. The van der Waals surface area contributed by atoms with Crippen LogP contribution in [0.4, 0.5) is 11.6 Å². The molecule has 0 amide bonds. The molecule has 12 aromatic rings. The molecule has 8 heterocycles. The van der Waals surface area contributed by atoms with Crippen LogP contribution < -0.4 is 22.1 Å². The Labute approximate surface area is 431 Å². The number of nitrogens with two attached hydrogens (primary N) is 2. The molecule has 0 fully saturated rings. The average molecular weight is 985 g/mol. The Bertz CT molecular complexity index is 4110. The third-order valence-electron chi connectivity index (χ3n) is 14.5. The highest BCUT2D eigenvalue weighted by Gasteiger charge is 2.23. The zero-order valence-corrected chi connectivity index (χ0v) is 41.1. The number of ketones is 1. The maximum Gasteiger partial charge on any atom is 0.211 e. The highest BCUT2D eigenvalue weighted by Crippen LogP contribution is 2.35. The van der Waals surface area contributed by atoms with E-state index in [4.69, 9.17) is 21.7 Å². The second kappa shape index (κ2) is 19.3. The van der Waals surface area contributed by atoms with Crippen LogP contribution in [0.3, 0.4) is 0 Å². The molecule has 15 heteroatoms. The van der Waals surface area contributed by atoms with Gasteiger partial charge >= 0.3 is 0 Å². The molecule has 15 nitrogen and oxygen atoms in total. The quantitative estimate of drug-likeness (QED) is 0.0959. The number of aromatic nitrogens is 10. The van der Waals surface area contributed by atoms with Crippen molar-refractivity contribution in [2.24, 2.45) is 0 Å². The molecule has 368 valence electrons. The summed E-state index contributed by atoms with van der Waals surface area (Å²) in [6, 6.07) is 49.9. The van der Waals surface area contributed by atoms with Crippen molar-refractivity contribution in [3.8, 4) is 22.3 Å². The van der Waals surface area contributed by atoms with Crippen molar-refractivity contribution in [2.45, 2.75) is 45.4 Å². The van der Waals surface area contributed by atoms with Crippen LogP contribution in [0.15, 0.2) is 171 Å². The van der Waals surface area contributed by atoms with Gasteiger partial charge in [0.2, 0.25) is 5.78 Å². The second-order valence-electron chi connectivity index (χ2n) is 19.4. The molecule has 14 rings (SSSR count). The maximum absolute atomic E-state index is 13.7. The number of hydrogen-bond acceptors (Lipinski definition) is 11. The van der Waals surface area contributed by atoms with Gasteiger partial charge in [-0.15, -0.1) is 0 Å². The van der Waals surface area contributed by atoms with Crippen molar-refractivity contribution < 1.29 is 4.79 Å². The van der Waals surface area contributed by atoms with E-state index in [-0.39, 0.29) is 5.78 Å². The van der Waals surface area contributed by atoms with Gasteiger partial charge in [-0.3, -0.25) is 14.2 Å². The molecule has 2 aliphatic heterocycles. The fourth-order valence-electron chi connectivity index (χ4n) is 10.7. The van der Waals surface area contributed by atoms with Crippen LogP contribution in [-0.2, 0) is 45.4 Å². The molecule has 6 aromatic heterocycles. The zero-order chi connectivity index (χ0) is 50.4. The molecule has 0 saturated carbocycles. The Morgan fingerprint density at radius 1 is 0.533 bits per heavy atom. The van der Waals surface area contributed by atoms with E-state index in [0.717, 1.165) is 113 Å². The van der Waals surface area contributed by atoms with E-state index < -0.39 is 0 Å². The lowest BCUT2D eigenvalue weighted by molar-refractivity contribution is 0.103. The van der Waals surface area contributed by atoms with Crippen molar-refractivity contribution >= 4 is 50.3 Å². The molecule has 0 aliphatic carbocycles. The predicted molar refractivity (Wildman–Crippen MR) is 293 cm³/mol. The minimum Gasteiger partial charge on any atom is -0.382 e. The van der Waals surface area contributed by atoms with Crippen molar-refractivity contribution in [2.75, 3.05) is 24.6 Å². The van der Waals surface area contributed by atoms with Crippen LogP contribution in [0.5, 0.6) is 0 Å². The normalized spacial score (nSPS) is 13.2. The number of carbonyl (C=O) groups is 1. The molecule has 0 unspecified atom stereocenters. The molecule has 75 heavy (non-hydrogen) atoms. The fraction of sp³-hybridized carbons (Fsp3) is 0.150. The van der Waals surface area contributed by atoms with Gasteiger partial charge < -0.3 is 22.1 Å². The Kier molecular flexibility index (Phi) is 11.7. The summed E-state index contributed by atoms with van der Waals surface area (Å²) in [6.07, 6.45) is 9.86. The molecule has 0 bridgehead atoms. The topological polar surface area (TPSA) is 189 Å². The molecule has 2 aliphatic rings. The first-order chi connectivity index (χ1) is 36.8. The molecular weight excluding hydrogens is 933 g/mol. The van der Waals surface area contributed by atoms with Gasteiger partial charge in [-0.2, -0.15) is 20.4 Å². The van der Waals surface area contributed by atoms with E-state index in [9.17, 15) is 4.79 Å². The van der Waals surface area contributed by atoms with Crippen molar-refractivity contribution in [3.05, 3.63) is 227 Å². The van der Waals surface area contributed by atoms with E-state index in [1.54, 1.807) is 4.52 Å². The summed E-state index contributed by atoms with van der Waals surface area (Å²) >= 11 is 0. The number of fused-ring (bicyclic) bond motifs is 6. The summed E-state index contributed by atoms with van der Waals surface area (Å²) in [6.45, 7) is 5.12. The lowest BCUT2D eigenvalue weighted by atomic mass is 9.96. The SMILES string of the molecule is Nc1ncnn2c(C(=O)c3ccc4c(c3)CNCC4)cc(-c3ccc4cn(Cc5ccccc5)nc4c3)c12.Nc1ncnn2c(Cc3ccc4c(c3)CNCC4)cc(-c3ccc4cn(Cc5ccccc5)nc4c3)c12. The lowest BCUT2D eigenvalue weighted by Crippen LogP contribution is -2.24. The van der Waals surface area contributed by atoms with Crippen LogP contribution >= 0.6 is 0 Å². The van der Waals surface area contributed by atoms with E-state index in [2.05, 4.69) is 122 Å². The number of anilines is 2. The third kappa shape index (κ3) is 8.93. The van der Waals surface area contributed by atoms with E-state index >= 15 is 0 Å². The van der Waals surface area contributed by atoms with E-state index in [1.807, 2.05) is 80.7 Å². The molecule has 0 saturated heterocycles. The van der Waals surface area contributed by atoms with Gasteiger partial charge in [0.05, 0.1) is 24.1 Å². The van der Waals surface area contributed by atoms with Crippen molar-refractivity contribution in [3.63, 3.8) is 0 Å². The first-order valence-electron chi connectivity index (χ1n) is 25.3. The van der Waals surface area contributed by atoms with Gasteiger partial charge in [-0.25, -0.2) is 19.0 Å². The highest BCUT2D eigenvalue weighted by atomic mass is 16.1. The first kappa shape index (κ1) is 45.5. The van der Waals surface area contributed by atoms with E-state index in [0.29, 0.717) is 35.0 Å². The van der Waals surface area contributed by atoms with Gasteiger partial charge in [0.1, 0.15) is 29.4 Å². The maximum atomic E-state index is 13.7. The first-order valence-corrected chi connectivity index (χ1v) is 25.3. The van der Waals surface area contributed by atoms with E-state index in [1.165, 1.54) is 46.0 Å². The van der Waals surface area contributed by atoms with Crippen molar-refractivity contribution in [1.29, 1.82) is 0 Å². The third-order valence-corrected chi connectivity index (χ3v) is 14.5. The summed E-state index contributed by atoms with van der Waals surface area (Å²) < 4.78 is 7.48. The Morgan fingerprint density at radius 3 is 1.69 bits per heavy atom. The Balaban J connectivity index is 0.000000144. The molecule has 0 spiro atoms.